The van der Waals surface area contributed by atoms with Gasteiger partial charge in [0.1, 0.15) is 0 Å². The Morgan fingerprint density at radius 1 is 1.00 bits per heavy atom. The van der Waals surface area contributed by atoms with Crippen LogP contribution >= 0.6 is 23.2 Å². The summed E-state index contributed by atoms with van der Waals surface area (Å²) in [6, 6.07) is 9.49. The number of hydrogen-bond acceptors (Lipinski definition) is 2. The first-order valence-corrected chi connectivity index (χ1v) is 8.08. The normalized spacial score (nSPS) is 11.7. The number of halogens is 2. The second-order valence-corrected chi connectivity index (χ2v) is 7.23. The zero-order chi connectivity index (χ0) is 16.6. The number of aromatic nitrogens is 3. The van der Waals surface area contributed by atoms with Crippen LogP contribution in [-0.4, -0.2) is 14.8 Å². The number of nitrogens with zero attached hydrogens (tertiary/aromatic N) is 3. The van der Waals surface area contributed by atoms with Crippen molar-refractivity contribution in [3.8, 4) is 16.9 Å². The van der Waals surface area contributed by atoms with Crippen LogP contribution in [0.3, 0.4) is 0 Å². The third kappa shape index (κ3) is 3.26. The summed E-state index contributed by atoms with van der Waals surface area (Å²) in [4.78, 5) is 4.26. The summed E-state index contributed by atoms with van der Waals surface area (Å²) in [5.74, 6) is 0. The van der Waals surface area contributed by atoms with Crippen LogP contribution in [-0.2, 0) is 5.41 Å². The molecule has 0 amide bonds. The highest BCUT2D eigenvalue weighted by Gasteiger charge is 2.20. The van der Waals surface area contributed by atoms with Crippen LogP contribution in [0.25, 0.3) is 16.9 Å². The average molecular weight is 346 g/mol. The van der Waals surface area contributed by atoms with Crippen molar-refractivity contribution in [3.05, 3.63) is 64.5 Å². The molecule has 0 radical (unpaired) electrons. The Labute approximate surface area is 145 Å². The fourth-order valence-electron chi connectivity index (χ4n) is 2.49. The molecule has 0 aliphatic carbocycles. The lowest BCUT2D eigenvalue weighted by atomic mass is 9.84. The van der Waals surface area contributed by atoms with E-state index in [2.05, 4.69) is 30.9 Å². The molecular weight excluding hydrogens is 329 g/mol. The molecule has 5 heteroatoms. The summed E-state index contributed by atoms with van der Waals surface area (Å²) >= 11 is 12.1. The Morgan fingerprint density at radius 2 is 1.78 bits per heavy atom. The number of benzene rings is 1. The first-order chi connectivity index (χ1) is 10.9. The standard InChI is InChI=1S/C18H17Cl2N3/c1-18(2,3)14-6-8-21-11-13(14)17-7-9-23(22-17)12-4-5-15(19)16(20)10-12/h4-11H,1-3H3. The van der Waals surface area contributed by atoms with Gasteiger partial charge in [0.2, 0.25) is 0 Å². The van der Waals surface area contributed by atoms with E-state index < -0.39 is 0 Å². The van der Waals surface area contributed by atoms with E-state index in [0.29, 0.717) is 10.0 Å². The summed E-state index contributed by atoms with van der Waals surface area (Å²) in [5.41, 5.74) is 4.03. The zero-order valence-electron chi connectivity index (χ0n) is 13.2. The minimum atomic E-state index is 0.0195. The Balaban J connectivity index is 2.05. The van der Waals surface area contributed by atoms with Crippen LogP contribution in [0.4, 0.5) is 0 Å². The first kappa shape index (κ1) is 16.0. The van der Waals surface area contributed by atoms with Gasteiger partial charge in [-0.3, -0.25) is 4.98 Å². The van der Waals surface area contributed by atoms with E-state index in [1.54, 1.807) is 16.8 Å². The van der Waals surface area contributed by atoms with Gasteiger partial charge in [-0.1, -0.05) is 44.0 Å². The molecule has 0 atom stereocenters. The van der Waals surface area contributed by atoms with Crippen molar-refractivity contribution in [2.75, 3.05) is 0 Å². The first-order valence-electron chi connectivity index (χ1n) is 7.32. The highest BCUT2D eigenvalue weighted by molar-refractivity contribution is 6.42. The molecule has 0 spiro atoms. The molecule has 2 heterocycles. The lowest BCUT2D eigenvalue weighted by molar-refractivity contribution is 0.590. The minimum Gasteiger partial charge on any atom is -0.264 e. The molecule has 0 fully saturated rings. The SMILES string of the molecule is CC(C)(C)c1ccncc1-c1ccn(-c2ccc(Cl)c(Cl)c2)n1. The summed E-state index contributed by atoms with van der Waals surface area (Å²) in [5, 5.41) is 5.72. The van der Waals surface area contributed by atoms with Crippen molar-refractivity contribution in [1.82, 2.24) is 14.8 Å². The topological polar surface area (TPSA) is 30.7 Å². The van der Waals surface area contributed by atoms with Gasteiger partial charge >= 0.3 is 0 Å². The monoisotopic (exact) mass is 345 g/mol. The van der Waals surface area contributed by atoms with Crippen LogP contribution in [0.15, 0.2) is 48.9 Å². The van der Waals surface area contributed by atoms with Crippen LogP contribution in [0.2, 0.25) is 10.0 Å². The molecule has 0 unspecified atom stereocenters. The van der Waals surface area contributed by atoms with Gasteiger partial charge in [0.15, 0.2) is 0 Å². The molecule has 0 saturated heterocycles. The van der Waals surface area contributed by atoms with E-state index in [0.717, 1.165) is 16.9 Å². The van der Waals surface area contributed by atoms with Crippen LogP contribution in [0.1, 0.15) is 26.3 Å². The maximum Gasteiger partial charge on any atom is 0.0946 e. The van der Waals surface area contributed by atoms with Gasteiger partial charge in [-0.05, 0) is 41.3 Å². The second kappa shape index (κ2) is 5.99. The predicted molar refractivity (Wildman–Crippen MR) is 95.5 cm³/mol. The Morgan fingerprint density at radius 3 is 2.48 bits per heavy atom. The molecule has 0 N–H and O–H groups in total. The van der Waals surface area contributed by atoms with E-state index in [-0.39, 0.29) is 5.41 Å². The molecule has 0 aliphatic rings. The largest absolute Gasteiger partial charge is 0.264 e. The zero-order valence-corrected chi connectivity index (χ0v) is 14.7. The van der Waals surface area contributed by atoms with Crippen molar-refractivity contribution in [3.63, 3.8) is 0 Å². The van der Waals surface area contributed by atoms with Gasteiger partial charge in [0.25, 0.3) is 0 Å². The molecule has 0 bridgehead atoms. The molecule has 3 nitrogen and oxygen atoms in total. The van der Waals surface area contributed by atoms with Crippen LogP contribution < -0.4 is 0 Å². The highest BCUT2D eigenvalue weighted by Crippen LogP contribution is 2.32. The van der Waals surface area contributed by atoms with E-state index in [9.17, 15) is 0 Å². The molecule has 3 rings (SSSR count). The van der Waals surface area contributed by atoms with Crippen molar-refractivity contribution in [2.24, 2.45) is 0 Å². The molecule has 1 aromatic carbocycles. The molecular formula is C18H17Cl2N3. The van der Waals surface area contributed by atoms with E-state index >= 15 is 0 Å². The number of hydrogen-bond donors (Lipinski definition) is 0. The van der Waals surface area contributed by atoms with E-state index in [1.165, 1.54) is 5.56 Å². The molecule has 0 saturated carbocycles. The summed E-state index contributed by atoms with van der Waals surface area (Å²) in [6.45, 7) is 6.55. The fraction of sp³-hybridized carbons (Fsp3) is 0.222. The smallest absolute Gasteiger partial charge is 0.0946 e. The van der Waals surface area contributed by atoms with Crippen molar-refractivity contribution in [1.29, 1.82) is 0 Å². The molecule has 3 aromatic rings. The van der Waals surface area contributed by atoms with Gasteiger partial charge in [0, 0.05) is 24.2 Å². The summed E-state index contributed by atoms with van der Waals surface area (Å²) < 4.78 is 1.79. The quantitative estimate of drug-likeness (QED) is 0.610. The minimum absolute atomic E-state index is 0.0195. The number of pyridine rings is 1. The summed E-state index contributed by atoms with van der Waals surface area (Å²) in [7, 11) is 0. The van der Waals surface area contributed by atoms with Gasteiger partial charge in [-0.25, -0.2) is 4.68 Å². The molecule has 2 aromatic heterocycles. The highest BCUT2D eigenvalue weighted by atomic mass is 35.5. The molecule has 23 heavy (non-hydrogen) atoms. The Kier molecular flexibility index (Phi) is 4.17. The molecule has 118 valence electrons. The van der Waals surface area contributed by atoms with E-state index in [4.69, 9.17) is 23.2 Å². The van der Waals surface area contributed by atoms with Crippen LogP contribution in [0, 0.1) is 0 Å². The van der Waals surface area contributed by atoms with Crippen molar-refractivity contribution >= 4 is 23.2 Å². The third-order valence-electron chi connectivity index (χ3n) is 3.66. The maximum absolute atomic E-state index is 6.09. The lowest BCUT2D eigenvalue weighted by Gasteiger charge is -2.21. The number of rotatable bonds is 2. The van der Waals surface area contributed by atoms with E-state index in [1.807, 2.05) is 36.8 Å². The maximum atomic E-state index is 6.09. The fourth-order valence-corrected chi connectivity index (χ4v) is 2.78. The molecule has 0 aliphatic heterocycles. The van der Waals surface area contributed by atoms with Crippen molar-refractivity contribution < 1.29 is 0 Å². The van der Waals surface area contributed by atoms with Crippen LogP contribution in [0.5, 0.6) is 0 Å². The van der Waals surface area contributed by atoms with Gasteiger partial charge in [-0.15, -0.1) is 0 Å². The third-order valence-corrected chi connectivity index (χ3v) is 4.40. The average Bonchev–Trinajstić information content (AvgIpc) is 2.99. The second-order valence-electron chi connectivity index (χ2n) is 6.42. The van der Waals surface area contributed by atoms with Gasteiger partial charge in [0.05, 0.1) is 21.4 Å². The van der Waals surface area contributed by atoms with Gasteiger partial charge < -0.3 is 0 Å². The van der Waals surface area contributed by atoms with Gasteiger partial charge in [-0.2, -0.15) is 5.10 Å². The lowest BCUT2D eigenvalue weighted by Crippen LogP contribution is -2.13. The Bertz CT molecular complexity index is 847. The summed E-state index contributed by atoms with van der Waals surface area (Å²) in [6.07, 6.45) is 5.59. The van der Waals surface area contributed by atoms with Crippen molar-refractivity contribution in [2.45, 2.75) is 26.2 Å². The predicted octanol–water partition coefficient (Wildman–Crippen LogP) is 5.54. The Hall–Kier alpha value is -1.84.